The van der Waals surface area contributed by atoms with Crippen LogP contribution >= 0.6 is 0 Å². The zero-order valence-corrected chi connectivity index (χ0v) is 7.79. The van der Waals surface area contributed by atoms with E-state index in [1.165, 1.54) is 0 Å². The lowest BCUT2D eigenvalue weighted by Crippen LogP contribution is -2.38. The molecule has 0 saturated carbocycles. The number of hydrogen-bond acceptors (Lipinski definition) is 2. The first kappa shape index (κ1) is 9.01. The lowest BCUT2D eigenvalue weighted by Gasteiger charge is -2.25. The molecule has 0 bridgehead atoms. The maximum atomic E-state index is 9.91. The summed E-state index contributed by atoms with van der Waals surface area (Å²) in [6.45, 7) is 7.94. The molecule has 0 amide bonds. The molecule has 0 aromatic heterocycles. The quantitative estimate of drug-likeness (QED) is 0.627. The van der Waals surface area contributed by atoms with Crippen LogP contribution in [0.15, 0.2) is 0 Å². The molecule has 11 heavy (non-hydrogen) atoms. The first-order chi connectivity index (χ1) is 5.00. The van der Waals surface area contributed by atoms with Crippen LogP contribution in [0.1, 0.15) is 34.1 Å². The Hall–Kier alpha value is -0.0800. The lowest BCUT2D eigenvalue weighted by molar-refractivity contribution is -0.0318. The van der Waals surface area contributed by atoms with Crippen molar-refractivity contribution in [3.63, 3.8) is 0 Å². The van der Waals surface area contributed by atoms with Crippen molar-refractivity contribution in [3.05, 3.63) is 0 Å². The summed E-state index contributed by atoms with van der Waals surface area (Å²) in [5.41, 5.74) is -0.638. The third kappa shape index (κ3) is 1.30. The van der Waals surface area contributed by atoms with Crippen molar-refractivity contribution in [1.82, 2.24) is 0 Å². The number of ether oxygens (including phenoxy) is 1. The van der Waals surface area contributed by atoms with Gasteiger partial charge in [0, 0.05) is 5.92 Å². The van der Waals surface area contributed by atoms with E-state index in [0.717, 1.165) is 6.42 Å². The largest absolute Gasteiger partial charge is 0.387 e. The lowest BCUT2D eigenvalue weighted by atomic mass is 9.85. The van der Waals surface area contributed by atoms with Gasteiger partial charge in [-0.25, -0.2) is 0 Å². The molecule has 1 N–H and O–H groups in total. The van der Waals surface area contributed by atoms with Crippen molar-refractivity contribution in [3.8, 4) is 0 Å². The van der Waals surface area contributed by atoms with Gasteiger partial charge in [-0.15, -0.1) is 0 Å². The highest BCUT2D eigenvalue weighted by atomic mass is 16.5. The summed E-state index contributed by atoms with van der Waals surface area (Å²) >= 11 is 0. The van der Waals surface area contributed by atoms with E-state index in [0.29, 0.717) is 0 Å². The minimum absolute atomic E-state index is 0.0255. The molecule has 1 fully saturated rings. The smallest absolute Gasteiger partial charge is 0.0927 e. The van der Waals surface area contributed by atoms with Crippen LogP contribution < -0.4 is 0 Å². The molecular formula is C9H18O2. The Labute approximate surface area is 68.6 Å². The maximum absolute atomic E-state index is 9.91. The molecule has 1 saturated heterocycles. The summed E-state index contributed by atoms with van der Waals surface area (Å²) < 4.78 is 5.59. The average molecular weight is 158 g/mol. The molecule has 1 aliphatic heterocycles. The standard InChI is InChI=1S/C9H18O2/c1-5-8-6(2)9(4,10)7(3)11-8/h6-8,10H,5H2,1-4H3/t6-,7?,8-,9+/m1/s1. The van der Waals surface area contributed by atoms with Crippen molar-refractivity contribution in [2.45, 2.75) is 51.9 Å². The van der Waals surface area contributed by atoms with E-state index < -0.39 is 5.60 Å². The van der Waals surface area contributed by atoms with Gasteiger partial charge in [0.05, 0.1) is 17.8 Å². The summed E-state index contributed by atoms with van der Waals surface area (Å²) in [5, 5.41) is 9.91. The van der Waals surface area contributed by atoms with Gasteiger partial charge in [0.15, 0.2) is 0 Å². The summed E-state index contributed by atoms with van der Waals surface area (Å²) in [4.78, 5) is 0. The molecule has 0 aliphatic carbocycles. The Kier molecular flexibility index (Phi) is 2.26. The average Bonchev–Trinajstić information content (AvgIpc) is 2.14. The van der Waals surface area contributed by atoms with Crippen LogP contribution in [0.4, 0.5) is 0 Å². The van der Waals surface area contributed by atoms with E-state index in [1.54, 1.807) is 0 Å². The third-order valence-electron chi connectivity index (χ3n) is 3.08. The highest BCUT2D eigenvalue weighted by Crippen LogP contribution is 2.36. The van der Waals surface area contributed by atoms with Crippen molar-refractivity contribution >= 4 is 0 Å². The van der Waals surface area contributed by atoms with Crippen LogP contribution in [0.25, 0.3) is 0 Å². The minimum Gasteiger partial charge on any atom is -0.387 e. The molecule has 4 atom stereocenters. The van der Waals surface area contributed by atoms with Crippen molar-refractivity contribution in [2.24, 2.45) is 5.92 Å². The van der Waals surface area contributed by atoms with Gasteiger partial charge in [-0.3, -0.25) is 0 Å². The fourth-order valence-corrected chi connectivity index (χ4v) is 1.71. The summed E-state index contributed by atoms with van der Waals surface area (Å²) in [6, 6.07) is 0. The fraction of sp³-hybridized carbons (Fsp3) is 1.00. The SMILES string of the molecule is CC[C@H]1OC(C)[C@@](C)(O)[C@@H]1C. The number of rotatable bonds is 1. The summed E-state index contributed by atoms with van der Waals surface area (Å²) in [6.07, 6.45) is 1.20. The Morgan fingerprint density at radius 3 is 2.18 bits per heavy atom. The molecule has 0 aromatic rings. The number of hydrogen-bond donors (Lipinski definition) is 1. The van der Waals surface area contributed by atoms with Gasteiger partial charge < -0.3 is 9.84 Å². The van der Waals surface area contributed by atoms with Crippen LogP contribution in [0, 0.1) is 5.92 Å². The van der Waals surface area contributed by atoms with E-state index in [2.05, 4.69) is 13.8 Å². The molecule has 0 spiro atoms. The highest BCUT2D eigenvalue weighted by Gasteiger charge is 2.46. The fourth-order valence-electron chi connectivity index (χ4n) is 1.71. The van der Waals surface area contributed by atoms with Gasteiger partial charge >= 0.3 is 0 Å². The van der Waals surface area contributed by atoms with E-state index in [1.807, 2.05) is 13.8 Å². The van der Waals surface area contributed by atoms with E-state index in [-0.39, 0.29) is 18.1 Å². The zero-order chi connectivity index (χ0) is 8.65. The molecule has 1 heterocycles. The molecule has 2 nitrogen and oxygen atoms in total. The Balaban J connectivity index is 2.71. The second kappa shape index (κ2) is 2.76. The summed E-state index contributed by atoms with van der Waals surface area (Å²) in [5.74, 6) is 0.252. The van der Waals surface area contributed by atoms with Gasteiger partial charge in [-0.1, -0.05) is 13.8 Å². The molecular weight excluding hydrogens is 140 g/mol. The molecule has 1 rings (SSSR count). The van der Waals surface area contributed by atoms with Crippen LogP contribution in [0.2, 0.25) is 0 Å². The molecule has 1 unspecified atom stereocenters. The second-order valence-electron chi connectivity index (χ2n) is 3.74. The molecule has 2 heteroatoms. The van der Waals surface area contributed by atoms with E-state index in [9.17, 15) is 5.11 Å². The van der Waals surface area contributed by atoms with Gasteiger partial charge in [0.1, 0.15) is 0 Å². The van der Waals surface area contributed by atoms with E-state index in [4.69, 9.17) is 4.74 Å². The first-order valence-corrected chi connectivity index (χ1v) is 4.38. The monoisotopic (exact) mass is 158 g/mol. The predicted octanol–water partition coefficient (Wildman–Crippen LogP) is 1.57. The molecule has 1 aliphatic rings. The number of aliphatic hydroxyl groups is 1. The molecule has 0 radical (unpaired) electrons. The van der Waals surface area contributed by atoms with Gasteiger partial charge in [0.2, 0.25) is 0 Å². The Bertz CT molecular complexity index is 142. The maximum Gasteiger partial charge on any atom is 0.0927 e. The third-order valence-corrected chi connectivity index (χ3v) is 3.08. The highest BCUT2D eigenvalue weighted by molar-refractivity contribution is 4.95. The summed E-state index contributed by atoms with van der Waals surface area (Å²) in [7, 11) is 0. The van der Waals surface area contributed by atoms with Crippen molar-refractivity contribution in [2.75, 3.05) is 0 Å². The van der Waals surface area contributed by atoms with Gasteiger partial charge in [0.25, 0.3) is 0 Å². The van der Waals surface area contributed by atoms with Gasteiger partial charge in [-0.05, 0) is 20.3 Å². The predicted molar refractivity (Wildman–Crippen MR) is 44.4 cm³/mol. The van der Waals surface area contributed by atoms with Crippen LogP contribution in [0.5, 0.6) is 0 Å². The minimum atomic E-state index is -0.638. The molecule has 0 aromatic carbocycles. The van der Waals surface area contributed by atoms with E-state index >= 15 is 0 Å². The topological polar surface area (TPSA) is 29.5 Å². The Morgan fingerprint density at radius 2 is 2.00 bits per heavy atom. The van der Waals surface area contributed by atoms with Crippen molar-refractivity contribution in [1.29, 1.82) is 0 Å². The zero-order valence-electron chi connectivity index (χ0n) is 7.79. The first-order valence-electron chi connectivity index (χ1n) is 4.38. The second-order valence-corrected chi connectivity index (χ2v) is 3.74. The van der Waals surface area contributed by atoms with Crippen LogP contribution in [-0.4, -0.2) is 22.9 Å². The van der Waals surface area contributed by atoms with Crippen LogP contribution in [-0.2, 0) is 4.74 Å². The van der Waals surface area contributed by atoms with Crippen LogP contribution in [0.3, 0.4) is 0 Å². The Morgan fingerprint density at radius 1 is 1.45 bits per heavy atom. The molecule has 66 valence electrons. The van der Waals surface area contributed by atoms with Crippen molar-refractivity contribution < 1.29 is 9.84 Å². The van der Waals surface area contributed by atoms with Gasteiger partial charge in [-0.2, -0.15) is 0 Å². The normalized spacial score (nSPS) is 51.5.